The smallest absolute Gasteiger partial charge is 0.338 e. The number of ether oxygens (including phenoxy) is 2. The molecular weight excluding hydrogens is 273 g/mol. The number of esters is 1. The van der Waals surface area contributed by atoms with E-state index in [9.17, 15) is 9.18 Å². The normalized spacial score (nSPS) is 10.0. The molecule has 0 aromatic heterocycles. The van der Waals surface area contributed by atoms with Gasteiger partial charge in [-0.3, -0.25) is 0 Å². The number of hydrogen-bond donors (Lipinski definition) is 1. The Labute approximate surface area is 122 Å². The van der Waals surface area contributed by atoms with Crippen molar-refractivity contribution < 1.29 is 18.7 Å². The van der Waals surface area contributed by atoms with E-state index in [-0.39, 0.29) is 11.7 Å². The summed E-state index contributed by atoms with van der Waals surface area (Å²) in [6.07, 6.45) is 0. The molecule has 5 heteroatoms. The summed E-state index contributed by atoms with van der Waals surface area (Å²) in [6.45, 7) is 2.09. The molecule has 2 rings (SSSR count). The van der Waals surface area contributed by atoms with Crippen molar-refractivity contribution in [1.82, 2.24) is 0 Å². The Bertz CT molecular complexity index is 626. The lowest BCUT2D eigenvalue weighted by molar-refractivity contribution is 0.0526. The first-order chi connectivity index (χ1) is 10.1. The van der Waals surface area contributed by atoms with Crippen LogP contribution in [0, 0.1) is 5.82 Å². The van der Waals surface area contributed by atoms with Gasteiger partial charge < -0.3 is 14.8 Å². The molecule has 0 atom stereocenters. The Balaban J connectivity index is 2.10. The van der Waals surface area contributed by atoms with Crippen molar-refractivity contribution in [3.63, 3.8) is 0 Å². The molecule has 0 bridgehead atoms. The Morgan fingerprint density at radius 3 is 2.38 bits per heavy atom. The zero-order valence-electron chi connectivity index (χ0n) is 11.9. The van der Waals surface area contributed by atoms with E-state index in [0.29, 0.717) is 17.9 Å². The fourth-order valence-electron chi connectivity index (χ4n) is 1.81. The monoisotopic (exact) mass is 289 g/mol. The molecule has 1 N–H and O–H groups in total. The van der Waals surface area contributed by atoms with Crippen molar-refractivity contribution in [3.8, 4) is 5.75 Å². The van der Waals surface area contributed by atoms with Gasteiger partial charge in [-0.05, 0) is 43.3 Å². The minimum absolute atomic E-state index is 0.193. The first-order valence-corrected chi connectivity index (χ1v) is 6.51. The number of halogens is 1. The summed E-state index contributed by atoms with van der Waals surface area (Å²) in [5, 5.41) is 3.05. The number of benzene rings is 2. The van der Waals surface area contributed by atoms with Crippen LogP contribution in [-0.4, -0.2) is 19.7 Å². The second-order valence-electron chi connectivity index (χ2n) is 4.27. The molecule has 0 saturated carbocycles. The van der Waals surface area contributed by atoms with Gasteiger partial charge in [0.25, 0.3) is 0 Å². The van der Waals surface area contributed by atoms with Gasteiger partial charge in [0.15, 0.2) is 11.6 Å². The van der Waals surface area contributed by atoms with Crippen molar-refractivity contribution >= 4 is 17.3 Å². The summed E-state index contributed by atoms with van der Waals surface area (Å²) >= 11 is 0. The van der Waals surface area contributed by atoms with Crippen LogP contribution in [0.25, 0.3) is 0 Å². The maximum atomic E-state index is 13.6. The predicted octanol–water partition coefficient (Wildman–Crippen LogP) is 3.75. The molecule has 0 unspecified atom stereocenters. The van der Waals surface area contributed by atoms with Gasteiger partial charge >= 0.3 is 5.97 Å². The third-order valence-corrected chi connectivity index (χ3v) is 2.84. The molecule has 4 nitrogen and oxygen atoms in total. The lowest BCUT2D eigenvalue weighted by atomic mass is 10.2. The quantitative estimate of drug-likeness (QED) is 0.851. The van der Waals surface area contributed by atoms with Gasteiger partial charge in [0.1, 0.15) is 0 Å². The van der Waals surface area contributed by atoms with Gasteiger partial charge in [0.2, 0.25) is 0 Å². The van der Waals surface area contributed by atoms with Crippen molar-refractivity contribution in [2.45, 2.75) is 6.92 Å². The fraction of sp³-hybridized carbons (Fsp3) is 0.188. The van der Waals surface area contributed by atoms with Gasteiger partial charge in [-0.1, -0.05) is 0 Å². The Morgan fingerprint density at radius 1 is 1.14 bits per heavy atom. The van der Waals surface area contributed by atoms with E-state index in [2.05, 4.69) is 5.32 Å². The minimum atomic E-state index is -0.439. The zero-order valence-corrected chi connectivity index (χ0v) is 11.9. The highest BCUT2D eigenvalue weighted by molar-refractivity contribution is 5.89. The van der Waals surface area contributed by atoms with Gasteiger partial charge in [-0.25, -0.2) is 9.18 Å². The van der Waals surface area contributed by atoms with Gasteiger partial charge in [-0.15, -0.1) is 0 Å². The van der Waals surface area contributed by atoms with E-state index in [1.54, 1.807) is 43.3 Å². The van der Waals surface area contributed by atoms with Gasteiger partial charge in [0.05, 0.1) is 19.3 Å². The Hall–Kier alpha value is -2.56. The SMILES string of the molecule is CCOC(=O)c1ccc(Nc2ccc(OC)c(F)c2)cc1. The maximum Gasteiger partial charge on any atom is 0.338 e. The number of rotatable bonds is 5. The molecule has 2 aromatic rings. The molecule has 0 radical (unpaired) electrons. The van der Waals surface area contributed by atoms with Crippen LogP contribution in [0.1, 0.15) is 17.3 Å². The molecule has 2 aromatic carbocycles. The van der Waals surface area contributed by atoms with Crippen molar-refractivity contribution in [2.24, 2.45) is 0 Å². The Kier molecular flexibility index (Phi) is 4.77. The number of carbonyl (C=O) groups is 1. The fourth-order valence-corrected chi connectivity index (χ4v) is 1.81. The highest BCUT2D eigenvalue weighted by Crippen LogP contribution is 2.23. The molecule has 0 aliphatic heterocycles. The number of hydrogen-bond acceptors (Lipinski definition) is 4. The van der Waals surface area contributed by atoms with Crippen LogP contribution in [0.5, 0.6) is 5.75 Å². The van der Waals surface area contributed by atoms with E-state index in [1.807, 2.05) is 0 Å². The van der Waals surface area contributed by atoms with Gasteiger partial charge in [0, 0.05) is 17.4 Å². The number of nitrogens with one attached hydrogen (secondary N) is 1. The molecule has 0 aliphatic rings. The van der Waals surface area contributed by atoms with Crippen molar-refractivity contribution in [1.29, 1.82) is 0 Å². The van der Waals surface area contributed by atoms with Crippen molar-refractivity contribution in [2.75, 3.05) is 19.0 Å². The number of carbonyl (C=O) groups excluding carboxylic acids is 1. The maximum absolute atomic E-state index is 13.6. The van der Waals surface area contributed by atoms with Crippen LogP contribution in [0.4, 0.5) is 15.8 Å². The van der Waals surface area contributed by atoms with Gasteiger partial charge in [-0.2, -0.15) is 0 Å². The number of anilines is 2. The van der Waals surface area contributed by atoms with Crippen LogP contribution < -0.4 is 10.1 Å². The summed E-state index contributed by atoms with van der Waals surface area (Å²) in [7, 11) is 1.42. The van der Waals surface area contributed by atoms with E-state index in [1.165, 1.54) is 13.2 Å². The molecule has 110 valence electrons. The average molecular weight is 289 g/mol. The summed E-state index contributed by atoms with van der Waals surface area (Å²) in [5.74, 6) is -0.608. The van der Waals surface area contributed by atoms with Crippen LogP contribution in [0.3, 0.4) is 0 Å². The third kappa shape index (κ3) is 3.72. The standard InChI is InChI=1S/C16H16FNO3/c1-3-21-16(19)11-4-6-12(7-5-11)18-13-8-9-15(20-2)14(17)10-13/h4-10,18H,3H2,1-2H3. The largest absolute Gasteiger partial charge is 0.494 e. The first kappa shape index (κ1) is 14.8. The molecule has 0 fully saturated rings. The predicted molar refractivity (Wildman–Crippen MR) is 78.6 cm³/mol. The van der Waals surface area contributed by atoms with Crippen LogP contribution in [0.2, 0.25) is 0 Å². The molecule has 0 aliphatic carbocycles. The van der Waals surface area contributed by atoms with E-state index < -0.39 is 5.82 Å². The summed E-state index contributed by atoms with van der Waals surface area (Å²) in [5.41, 5.74) is 1.81. The highest BCUT2D eigenvalue weighted by Gasteiger charge is 2.07. The first-order valence-electron chi connectivity index (χ1n) is 6.51. The molecule has 0 saturated heterocycles. The molecule has 0 amide bonds. The summed E-state index contributed by atoms with van der Waals surface area (Å²) < 4.78 is 23.3. The zero-order chi connectivity index (χ0) is 15.2. The lowest BCUT2D eigenvalue weighted by Crippen LogP contribution is -2.04. The van der Waals surface area contributed by atoms with Crippen LogP contribution in [0.15, 0.2) is 42.5 Å². The highest BCUT2D eigenvalue weighted by atomic mass is 19.1. The second kappa shape index (κ2) is 6.74. The summed E-state index contributed by atoms with van der Waals surface area (Å²) in [4.78, 5) is 11.5. The summed E-state index contributed by atoms with van der Waals surface area (Å²) in [6, 6.07) is 11.4. The number of methoxy groups -OCH3 is 1. The third-order valence-electron chi connectivity index (χ3n) is 2.84. The van der Waals surface area contributed by atoms with E-state index >= 15 is 0 Å². The lowest BCUT2D eigenvalue weighted by Gasteiger charge is -2.09. The average Bonchev–Trinajstić information content (AvgIpc) is 2.48. The van der Waals surface area contributed by atoms with Crippen molar-refractivity contribution in [3.05, 3.63) is 53.8 Å². The van der Waals surface area contributed by atoms with E-state index in [4.69, 9.17) is 9.47 Å². The molecule has 21 heavy (non-hydrogen) atoms. The minimum Gasteiger partial charge on any atom is -0.494 e. The molecule has 0 heterocycles. The second-order valence-corrected chi connectivity index (χ2v) is 4.27. The topological polar surface area (TPSA) is 47.6 Å². The molecular formula is C16H16FNO3. The Morgan fingerprint density at radius 2 is 1.81 bits per heavy atom. The molecule has 0 spiro atoms. The van der Waals surface area contributed by atoms with E-state index in [0.717, 1.165) is 5.69 Å². The van der Waals surface area contributed by atoms with Crippen LogP contribution >= 0.6 is 0 Å². The van der Waals surface area contributed by atoms with Crippen LogP contribution in [-0.2, 0) is 4.74 Å².